The number of aromatic nitrogens is 2. The maximum Gasteiger partial charge on any atom is 0.422 e. The van der Waals surface area contributed by atoms with E-state index in [4.69, 9.17) is 0 Å². The van der Waals surface area contributed by atoms with Crippen LogP contribution >= 0.6 is 12.4 Å². The van der Waals surface area contributed by atoms with Crippen LogP contribution in [0.25, 0.3) is 0 Å². The van der Waals surface area contributed by atoms with Crippen molar-refractivity contribution in [3.05, 3.63) is 42.2 Å². The van der Waals surface area contributed by atoms with Gasteiger partial charge in [-0.25, -0.2) is 0 Å². The number of ether oxygens (including phenoxy) is 1. The number of halogens is 4. The molecule has 0 aliphatic carbocycles. The van der Waals surface area contributed by atoms with Crippen molar-refractivity contribution in [2.45, 2.75) is 25.1 Å². The molecule has 0 spiro atoms. The van der Waals surface area contributed by atoms with E-state index >= 15 is 0 Å². The Kier molecular flexibility index (Phi) is 7.09. The van der Waals surface area contributed by atoms with Crippen LogP contribution in [0.5, 0.6) is 5.75 Å². The lowest BCUT2D eigenvalue weighted by atomic mass is 10.1. The first kappa shape index (κ1) is 21.0. The summed E-state index contributed by atoms with van der Waals surface area (Å²) < 4.78 is 43.1. The van der Waals surface area contributed by atoms with Crippen LogP contribution in [0.3, 0.4) is 0 Å². The van der Waals surface area contributed by atoms with E-state index < -0.39 is 18.7 Å². The Bertz CT molecular complexity index is 761. The third kappa shape index (κ3) is 6.14. The number of carbonyl (C=O) groups is 1. The molecule has 3 rings (SSSR count). The quantitative estimate of drug-likeness (QED) is 0.801. The Hall–Kier alpha value is -2.26. The Balaban J connectivity index is 0.00000261. The molecule has 2 N–H and O–H groups in total. The van der Waals surface area contributed by atoms with Gasteiger partial charge in [-0.3, -0.25) is 9.48 Å². The summed E-state index contributed by atoms with van der Waals surface area (Å²) in [6, 6.07) is 7.64. The highest BCUT2D eigenvalue weighted by Crippen LogP contribution is 2.22. The second-order valence-electron chi connectivity index (χ2n) is 6.07. The summed E-state index contributed by atoms with van der Waals surface area (Å²) in [6.07, 6.45) is -0.611. The number of nitrogens with one attached hydrogen (secondary N) is 2. The summed E-state index contributed by atoms with van der Waals surface area (Å²) in [6.45, 7) is 0.406. The summed E-state index contributed by atoms with van der Waals surface area (Å²) in [5, 5.41) is 10.2. The summed E-state index contributed by atoms with van der Waals surface area (Å²) in [7, 11) is 0. The SMILES string of the molecule is Cl.O=C(Nc1cccc(OCC(F)(F)F)c1)c1ccn(C2CCCNC2)n1. The van der Waals surface area contributed by atoms with Crippen LogP contribution in [-0.2, 0) is 0 Å². The average molecular weight is 405 g/mol. The number of amides is 1. The molecule has 1 fully saturated rings. The van der Waals surface area contributed by atoms with Crippen molar-refractivity contribution < 1.29 is 22.7 Å². The molecule has 1 saturated heterocycles. The number of benzene rings is 1. The van der Waals surface area contributed by atoms with Gasteiger partial charge in [0.15, 0.2) is 12.3 Å². The average Bonchev–Trinajstić information content (AvgIpc) is 3.11. The number of hydrogen-bond donors (Lipinski definition) is 2. The molecule has 1 aromatic carbocycles. The first-order valence-electron chi connectivity index (χ1n) is 8.27. The van der Waals surface area contributed by atoms with E-state index in [1.54, 1.807) is 23.0 Å². The number of alkyl halides is 3. The molecule has 0 bridgehead atoms. The van der Waals surface area contributed by atoms with Gasteiger partial charge in [-0.05, 0) is 37.6 Å². The van der Waals surface area contributed by atoms with Crippen molar-refractivity contribution in [1.29, 1.82) is 0 Å². The van der Waals surface area contributed by atoms with Gasteiger partial charge in [0.05, 0.1) is 6.04 Å². The van der Waals surface area contributed by atoms with Crippen molar-refractivity contribution in [3.8, 4) is 5.75 Å². The molecule has 1 aromatic heterocycles. The number of hydrogen-bond acceptors (Lipinski definition) is 4. The zero-order valence-corrected chi connectivity index (χ0v) is 15.1. The maximum atomic E-state index is 12.3. The van der Waals surface area contributed by atoms with Gasteiger partial charge in [0.1, 0.15) is 5.75 Å². The van der Waals surface area contributed by atoms with E-state index in [0.29, 0.717) is 5.69 Å². The Morgan fingerprint density at radius 2 is 2.19 bits per heavy atom. The predicted octanol–water partition coefficient (Wildman–Crippen LogP) is 3.42. The molecule has 27 heavy (non-hydrogen) atoms. The lowest BCUT2D eigenvalue weighted by molar-refractivity contribution is -0.153. The second kappa shape index (κ2) is 9.09. The van der Waals surface area contributed by atoms with Crippen molar-refractivity contribution in [2.24, 2.45) is 0 Å². The minimum absolute atomic E-state index is 0. The fourth-order valence-corrected chi connectivity index (χ4v) is 2.75. The summed E-state index contributed by atoms with van der Waals surface area (Å²) in [5.41, 5.74) is 0.584. The van der Waals surface area contributed by atoms with E-state index in [1.165, 1.54) is 18.2 Å². The lowest BCUT2D eigenvalue weighted by Crippen LogP contribution is -2.32. The summed E-state index contributed by atoms with van der Waals surface area (Å²) >= 11 is 0. The van der Waals surface area contributed by atoms with E-state index in [2.05, 4.69) is 20.5 Å². The van der Waals surface area contributed by atoms with Gasteiger partial charge in [0, 0.05) is 24.5 Å². The highest BCUT2D eigenvalue weighted by Gasteiger charge is 2.28. The number of rotatable bonds is 5. The zero-order valence-electron chi connectivity index (χ0n) is 14.3. The highest BCUT2D eigenvalue weighted by molar-refractivity contribution is 6.02. The Labute approximate surface area is 160 Å². The van der Waals surface area contributed by atoms with Crippen LogP contribution in [0.1, 0.15) is 29.4 Å². The molecule has 1 amide bonds. The lowest BCUT2D eigenvalue weighted by Gasteiger charge is -2.22. The van der Waals surface area contributed by atoms with Gasteiger partial charge in [-0.2, -0.15) is 18.3 Å². The topological polar surface area (TPSA) is 68.2 Å². The van der Waals surface area contributed by atoms with Crippen LogP contribution < -0.4 is 15.4 Å². The second-order valence-corrected chi connectivity index (χ2v) is 6.07. The van der Waals surface area contributed by atoms with Crippen LogP contribution in [0.4, 0.5) is 18.9 Å². The Morgan fingerprint density at radius 3 is 2.89 bits per heavy atom. The molecule has 2 heterocycles. The number of nitrogens with zero attached hydrogens (tertiary/aromatic N) is 2. The molecule has 1 atom stereocenters. The van der Waals surface area contributed by atoms with Crippen LogP contribution in [0.15, 0.2) is 36.5 Å². The smallest absolute Gasteiger partial charge is 0.422 e. The van der Waals surface area contributed by atoms with Crippen LogP contribution in [0.2, 0.25) is 0 Å². The van der Waals surface area contributed by atoms with E-state index in [-0.39, 0.29) is 29.9 Å². The van der Waals surface area contributed by atoms with Crippen molar-refractivity contribution in [2.75, 3.05) is 25.0 Å². The summed E-state index contributed by atoms with van der Waals surface area (Å²) in [5.74, 6) is -0.403. The molecule has 10 heteroatoms. The minimum atomic E-state index is -4.42. The Morgan fingerprint density at radius 1 is 1.37 bits per heavy atom. The molecule has 1 aliphatic heterocycles. The van der Waals surface area contributed by atoms with Gasteiger partial charge in [-0.15, -0.1) is 12.4 Å². The monoisotopic (exact) mass is 404 g/mol. The highest BCUT2D eigenvalue weighted by atomic mass is 35.5. The fraction of sp³-hybridized carbons (Fsp3) is 0.412. The molecule has 1 unspecified atom stereocenters. The number of anilines is 1. The van der Waals surface area contributed by atoms with E-state index in [1.807, 2.05) is 0 Å². The van der Waals surface area contributed by atoms with Gasteiger partial charge in [0.2, 0.25) is 0 Å². The van der Waals surface area contributed by atoms with Gasteiger partial charge < -0.3 is 15.4 Å². The molecular formula is C17H20ClF3N4O2. The van der Waals surface area contributed by atoms with E-state index in [9.17, 15) is 18.0 Å². The summed E-state index contributed by atoms with van der Waals surface area (Å²) in [4.78, 5) is 12.3. The minimum Gasteiger partial charge on any atom is -0.484 e. The van der Waals surface area contributed by atoms with E-state index in [0.717, 1.165) is 25.9 Å². The van der Waals surface area contributed by atoms with Gasteiger partial charge in [0.25, 0.3) is 5.91 Å². The molecular weight excluding hydrogens is 385 g/mol. The van der Waals surface area contributed by atoms with Gasteiger partial charge in [-0.1, -0.05) is 6.07 Å². The third-order valence-electron chi connectivity index (χ3n) is 3.98. The largest absolute Gasteiger partial charge is 0.484 e. The first-order chi connectivity index (χ1) is 12.4. The molecule has 0 saturated carbocycles. The fourth-order valence-electron chi connectivity index (χ4n) is 2.75. The molecule has 148 valence electrons. The van der Waals surface area contributed by atoms with Crippen LogP contribution in [-0.4, -0.2) is 41.6 Å². The first-order valence-corrected chi connectivity index (χ1v) is 8.27. The zero-order chi connectivity index (χ0) is 18.6. The van der Waals surface area contributed by atoms with Crippen LogP contribution in [0, 0.1) is 0 Å². The number of carbonyl (C=O) groups excluding carboxylic acids is 1. The molecule has 0 radical (unpaired) electrons. The normalized spacial score (nSPS) is 17.1. The van der Waals surface area contributed by atoms with Crippen molar-refractivity contribution >= 4 is 24.0 Å². The predicted molar refractivity (Wildman–Crippen MR) is 96.6 cm³/mol. The third-order valence-corrected chi connectivity index (χ3v) is 3.98. The molecule has 2 aromatic rings. The van der Waals surface area contributed by atoms with Crippen molar-refractivity contribution in [1.82, 2.24) is 15.1 Å². The number of piperidine rings is 1. The maximum absolute atomic E-state index is 12.3. The molecule has 6 nitrogen and oxygen atoms in total. The van der Waals surface area contributed by atoms with Crippen molar-refractivity contribution in [3.63, 3.8) is 0 Å². The standard InChI is InChI=1S/C17H19F3N4O2.ClH/c18-17(19,20)11-26-14-5-1-3-12(9-14)22-16(25)15-6-8-24(23-15)13-4-2-7-21-10-13;/h1,3,5-6,8-9,13,21H,2,4,7,10-11H2,(H,22,25);1H. The van der Waals surface area contributed by atoms with Gasteiger partial charge >= 0.3 is 6.18 Å². The molecule has 1 aliphatic rings.